The zero-order chi connectivity index (χ0) is 13.3. The van der Waals surface area contributed by atoms with Gasteiger partial charge in [0.05, 0.1) is 11.0 Å². The maximum atomic E-state index is 13.1. The molecule has 2 aromatic rings. The highest BCUT2D eigenvalue weighted by molar-refractivity contribution is 9.11. The molecule has 6 heteroatoms. The van der Waals surface area contributed by atoms with Gasteiger partial charge in [0.1, 0.15) is 0 Å². The van der Waals surface area contributed by atoms with E-state index < -0.39 is 11.6 Å². The monoisotopic (exact) mass is 377 g/mol. The van der Waals surface area contributed by atoms with Gasteiger partial charge >= 0.3 is 0 Å². The molecule has 0 saturated carbocycles. The highest BCUT2D eigenvalue weighted by atomic mass is 79.9. The second kappa shape index (κ2) is 5.32. The number of benzene rings is 1. The third-order valence-corrected chi connectivity index (χ3v) is 3.35. The Morgan fingerprint density at radius 2 is 1.83 bits per heavy atom. The second-order valence-corrected chi connectivity index (χ2v) is 5.46. The molecular weight excluding hydrogens is 372 g/mol. The van der Waals surface area contributed by atoms with Crippen LogP contribution in [0.5, 0.6) is 0 Å². The zero-order valence-electron chi connectivity index (χ0n) is 8.96. The number of pyridine rings is 1. The van der Waals surface area contributed by atoms with Crippen LogP contribution in [0.2, 0.25) is 0 Å². The molecule has 0 aliphatic heterocycles. The summed E-state index contributed by atoms with van der Waals surface area (Å²) in [4.78, 5) is 11.8. The molecule has 0 fully saturated rings. The Morgan fingerprint density at radius 3 is 2.50 bits per heavy atom. The molecule has 0 amide bonds. The maximum absolute atomic E-state index is 13.1. The van der Waals surface area contributed by atoms with Gasteiger partial charge in [-0.15, -0.1) is 0 Å². The summed E-state index contributed by atoms with van der Waals surface area (Å²) < 4.78 is 28.4. The standard InChI is InChI=1S/C12H7Br2F2NO/c13-8-4-9(14)12(18)17(6-8)5-7-1-2-10(15)11(16)3-7/h1-4,6H,5H2. The van der Waals surface area contributed by atoms with Crippen LogP contribution in [-0.2, 0) is 6.54 Å². The average Bonchev–Trinajstić information content (AvgIpc) is 2.30. The Kier molecular flexibility index (Phi) is 3.97. The molecule has 0 bridgehead atoms. The van der Waals surface area contributed by atoms with Crippen LogP contribution in [-0.4, -0.2) is 4.57 Å². The van der Waals surface area contributed by atoms with Crippen LogP contribution in [0.1, 0.15) is 5.56 Å². The van der Waals surface area contributed by atoms with Crippen LogP contribution in [0.4, 0.5) is 8.78 Å². The van der Waals surface area contributed by atoms with Crippen molar-refractivity contribution >= 4 is 31.9 Å². The molecule has 0 radical (unpaired) electrons. The van der Waals surface area contributed by atoms with E-state index in [0.29, 0.717) is 10.0 Å². The van der Waals surface area contributed by atoms with Crippen LogP contribution >= 0.6 is 31.9 Å². The minimum atomic E-state index is -0.922. The van der Waals surface area contributed by atoms with Crippen LogP contribution in [0.25, 0.3) is 0 Å². The van der Waals surface area contributed by atoms with E-state index in [1.54, 1.807) is 12.3 Å². The number of halogens is 4. The molecule has 1 heterocycles. The molecule has 2 rings (SSSR count). The van der Waals surface area contributed by atoms with Crippen molar-refractivity contribution in [1.29, 1.82) is 0 Å². The van der Waals surface area contributed by atoms with Crippen LogP contribution in [0, 0.1) is 11.6 Å². The van der Waals surface area contributed by atoms with E-state index >= 15 is 0 Å². The van der Waals surface area contributed by atoms with E-state index in [1.165, 1.54) is 10.6 Å². The second-order valence-electron chi connectivity index (χ2n) is 3.69. The summed E-state index contributed by atoms with van der Waals surface area (Å²) in [6, 6.07) is 5.20. The van der Waals surface area contributed by atoms with Crippen molar-refractivity contribution in [3.05, 3.63) is 67.0 Å². The first-order valence-corrected chi connectivity index (χ1v) is 6.55. The van der Waals surface area contributed by atoms with Crippen molar-refractivity contribution in [2.24, 2.45) is 0 Å². The van der Waals surface area contributed by atoms with Gasteiger partial charge in [0.15, 0.2) is 11.6 Å². The lowest BCUT2D eigenvalue weighted by Gasteiger charge is -2.07. The highest BCUT2D eigenvalue weighted by Gasteiger charge is 2.06. The van der Waals surface area contributed by atoms with Crippen LogP contribution < -0.4 is 5.56 Å². The number of nitrogens with zero attached hydrogens (tertiary/aromatic N) is 1. The van der Waals surface area contributed by atoms with Gasteiger partial charge in [0.2, 0.25) is 0 Å². The van der Waals surface area contributed by atoms with Gasteiger partial charge in [-0.1, -0.05) is 6.07 Å². The molecule has 0 atom stereocenters. The molecule has 2 nitrogen and oxygen atoms in total. The maximum Gasteiger partial charge on any atom is 0.265 e. The van der Waals surface area contributed by atoms with Gasteiger partial charge in [-0.05, 0) is 55.6 Å². The molecule has 0 saturated heterocycles. The molecule has 0 spiro atoms. The smallest absolute Gasteiger partial charge is 0.265 e. The molecular formula is C12H7Br2F2NO. The van der Waals surface area contributed by atoms with E-state index in [2.05, 4.69) is 31.9 Å². The first-order chi connectivity index (χ1) is 8.47. The van der Waals surface area contributed by atoms with E-state index in [9.17, 15) is 13.6 Å². The minimum absolute atomic E-state index is 0.175. The normalized spacial score (nSPS) is 10.7. The fraction of sp³-hybridized carbons (Fsp3) is 0.0833. The van der Waals surface area contributed by atoms with Gasteiger partial charge in [0.25, 0.3) is 5.56 Å². The molecule has 94 valence electrons. The first-order valence-electron chi connectivity index (χ1n) is 4.97. The number of hydrogen-bond acceptors (Lipinski definition) is 1. The largest absolute Gasteiger partial charge is 0.309 e. The van der Waals surface area contributed by atoms with Crippen molar-refractivity contribution in [1.82, 2.24) is 4.57 Å². The lowest BCUT2D eigenvalue weighted by molar-refractivity contribution is 0.506. The van der Waals surface area contributed by atoms with Crippen molar-refractivity contribution in [3.8, 4) is 0 Å². The third-order valence-electron chi connectivity index (χ3n) is 2.35. The van der Waals surface area contributed by atoms with E-state index in [4.69, 9.17) is 0 Å². The van der Waals surface area contributed by atoms with E-state index in [0.717, 1.165) is 16.6 Å². The Balaban J connectivity index is 2.40. The predicted molar refractivity (Wildman–Crippen MR) is 71.6 cm³/mol. The minimum Gasteiger partial charge on any atom is -0.309 e. The fourth-order valence-electron chi connectivity index (χ4n) is 1.52. The molecule has 0 N–H and O–H groups in total. The summed E-state index contributed by atoms with van der Waals surface area (Å²) in [5.41, 5.74) is 0.281. The summed E-state index contributed by atoms with van der Waals surface area (Å²) >= 11 is 6.40. The SMILES string of the molecule is O=c1c(Br)cc(Br)cn1Cc1ccc(F)c(F)c1. The molecule has 1 aromatic carbocycles. The van der Waals surface area contributed by atoms with Gasteiger partial charge in [-0.25, -0.2) is 8.78 Å². The van der Waals surface area contributed by atoms with E-state index in [1.807, 2.05) is 0 Å². The summed E-state index contributed by atoms with van der Waals surface area (Å²) in [5.74, 6) is -1.82. The van der Waals surface area contributed by atoms with Crippen molar-refractivity contribution in [2.75, 3.05) is 0 Å². The van der Waals surface area contributed by atoms with Gasteiger partial charge in [-0.2, -0.15) is 0 Å². The summed E-state index contributed by atoms with van der Waals surface area (Å²) in [7, 11) is 0. The van der Waals surface area contributed by atoms with Crippen molar-refractivity contribution in [3.63, 3.8) is 0 Å². The van der Waals surface area contributed by atoms with Crippen molar-refractivity contribution < 1.29 is 8.78 Å². The summed E-state index contributed by atoms with van der Waals surface area (Å²) in [6.07, 6.45) is 1.59. The summed E-state index contributed by atoms with van der Waals surface area (Å²) in [6.45, 7) is 0.175. The Labute approximate surface area is 119 Å². The number of rotatable bonds is 2. The number of aromatic nitrogens is 1. The quantitative estimate of drug-likeness (QED) is 0.780. The number of hydrogen-bond donors (Lipinski definition) is 0. The lowest BCUT2D eigenvalue weighted by atomic mass is 10.2. The van der Waals surface area contributed by atoms with Crippen molar-refractivity contribution in [2.45, 2.75) is 6.54 Å². The Morgan fingerprint density at radius 1 is 1.11 bits per heavy atom. The van der Waals surface area contributed by atoms with Crippen LogP contribution in [0.3, 0.4) is 0 Å². The van der Waals surface area contributed by atoms with Gasteiger partial charge in [-0.3, -0.25) is 4.79 Å². The topological polar surface area (TPSA) is 22.0 Å². The zero-order valence-corrected chi connectivity index (χ0v) is 12.1. The first kappa shape index (κ1) is 13.4. The Bertz CT molecular complexity index is 655. The summed E-state index contributed by atoms with van der Waals surface area (Å²) in [5, 5.41) is 0. The predicted octanol–water partition coefficient (Wildman–Crippen LogP) is 3.70. The Hall–Kier alpha value is -1.01. The average molecular weight is 379 g/mol. The van der Waals surface area contributed by atoms with Gasteiger partial charge in [0, 0.05) is 10.7 Å². The lowest BCUT2D eigenvalue weighted by Crippen LogP contribution is -2.20. The molecule has 18 heavy (non-hydrogen) atoms. The van der Waals surface area contributed by atoms with Crippen LogP contribution in [0.15, 0.2) is 44.2 Å². The van der Waals surface area contributed by atoms with E-state index in [-0.39, 0.29) is 12.1 Å². The highest BCUT2D eigenvalue weighted by Crippen LogP contribution is 2.15. The fourth-order valence-corrected chi connectivity index (χ4v) is 2.77. The molecule has 0 unspecified atom stereocenters. The third kappa shape index (κ3) is 2.87. The molecule has 1 aromatic heterocycles. The van der Waals surface area contributed by atoms with Gasteiger partial charge < -0.3 is 4.57 Å². The molecule has 0 aliphatic rings. The molecule has 0 aliphatic carbocycles.